The Hall–Kier alpha value is -2.74. The molecule has 1 atom stereocenters. The van der Waals surface area contributed by atoms with Crippen molar-refractivity contribution in [1.29, 1.82) is 5.26 Å². The Balaban J connectivity index is 1.59. The first-order valence-electron chi connectivity index (χ1n) is 11.1. The lowest BCUT2D eigenvalue weighted by molar-refractivity contribution is -0.136. The van der Waals surface area contributed by atoms with Gasteiger partial charge in [0.05, 0.1) is 6.07 Å². The Labute approximate surface area is 179 Å². The van der Waals surface area contributed by atoms with Crippen molar-refractivity contribution in [2.75, 3.05) is 0 Å². The van der Waals surface area contributed by atoms with Crippen LogP contribution in [0.25, 0.3) is 11.4 Å². The molecular weight excluding hydrogens is 374 g/mol. The molecule has 1 aliphatic carbocycles. The lowest BCUT2D eigenvalue weighted by atomic mass is 9.77. The second-order valence-electron chi connectivity index (χ2n) is 8.35. The average Bonchev–Trinajstić information content (AvgIpc) is 2.79. The SMILES string of the molecule is CCCCC[C@H]1CC[C@H](c2cnc(-c3cccc(OC(=O)C(C)C#N)c3)nc2)CC1. The number of nitriles is 1. The molecule has 2 aromatic rings. The van der Waals surface area contributed by atoms with E-state index in [2.05, 4.69) is 16.9 Å². The third-order valence-electron chi connectivity index (χ3n) is 6.06. The number of carbonyl (C=O) groups is 1. The highest BCUT2D eigenvalue weighted by Gasteiger charge is 2.22. The predicted molar refractivity (Wildman–Crippen MR) is 117 cm³/mol. The minimum absolute atomic E-state index is 0.397. The number of nitrogens with zero attached hydrogens (tertiary/aromatic N) is 3. The number of aromatic nitrogens is 2. The van der Waals surface area contributed by atoms with E-state index < -0.39 is 11.9 Å². The second-order valence-corrected chi connectivity index (χ2v) is 8.35. The topological polar surface area (TPSA) is 75.9 Å². The molecule has 0 spiro atoms. The van der Waals surface area contributed by atoms with E-state index in [1.54, 1.807) is 18.2 Å². The minimum Gasteiger partial charge on any atom is -0.426 e. The van der Waals surface area contributed by atoms with Gasteiger partial charge in [0, 0.05) is 18.0 Å². The number of carbonyl (C=O) groups excluding carboxylic acids is 1. The van der Waals surface area contributed by atoms with Gasteiger partial charge in [-0.2, -0.15) is 5.26 Å². The van der Waals surface area contributed by atoms with E-state index in [0.29, 0.717) is 17.5 Å². The zero-order valence-corrected chi connectivity index (χ0v) is 18.0. The van der Waals surface area contributed by atoms with Crippen LogP contribution in [0.4, 0.5) is 0 Å². The first-order chi connectivity index (χ1) is 14.6. The minimum atomic E-state index is -0.800. The van der Waals surface area contributed by atoms with Gasteiger partial charge in [-0.3, -0.25) is 4.79 Å². The molecule has 0 amide bonds. The zero-order chi connectivity index (χ0) is 21.3. The summed E-state index contributed by atoms with van der Waals surface area (Å²) < 4.78 is 5.28. The Morgan fingerprint density at radius 3 is 2.60 bits per heavy atom. The molecular formula is C25H31N3O2. The molecule has 0 bridgehead atoms. The van der Waals surface area contributed by atoms with Crippen LogP contribution in [-0.4, -0.2) is 15.9 Å². The monoisotopic (exact) mass is 405 g/mol. The van der Waals surface area contributed by atoms with Crippen LogP contribution in [0.2, 0.25) is 0 Å². The van der Waals surface area contributed by atoms with Gasteiger partial charge in [0.1, 0.15) is 11.7 Å². The quantitative estimate of drug-likeness (QED) is 0.303. The van der Waals surface area contributed by atoms with Crippen LogP contribution in [0.3, 0.4) is 0 Å². The van der Waals surface area contributed by atoms with E-state index >= 15 is 0 Å². The fourth-order valence-corrected chi connectivity index (χ4v) is 4.12. The number of unbranched alkanes of at least 4 members (excludes halogenated alkanes) is 2. The van der Waals surface area contributed by atoms with E-state index in [9.17, 15) is 4.79 Å². The Kier molecular flexibility index (Phi) is 7.96. The number of hydrogen-bond acceptors (Lipinski definition) is 5. The predicted octanol–water partition coefficient (Wildman–Crippen LogP) is 6.06. The largest absolute Gasteiger partial charge is 0.426 e. The van der Waals surface area contributed by atoms with E-state index in [0.717, 1.165) is 11.5 Å². The van der Waals surface area contributed by atoms with E-state index in [-0.39, 0.29) is 0 Å². The highest BCUT2D eigenvalue weighted by atomic mass is 16.5. The Morgan fingerprint density at radius 2 is 1.93 bits per heavy atom. The van der Waals surface area contributed by atoms with Crippen LogP contribution in [0.1, 0.15) is 76.7 Å². The summed E-state index contributed by atoms with van der Waals surface area (Å²) in [5.74, 6) is 1.09. The summed E-state index contributed by atoms with van der Waals surface area (Å²) in [5.41, 5.74) is 2.01. The van der Waals surface area contributed by atoms with Crippen LogP contribution in [-0.2, 0) is 4.79 Å². The summed E-state index contributed by atoms with van der Waals surface area (Å²) in [6, 6.07) is 9.00. The summed E-state index contributed by atoms with van der Waals surface area (Å²) in [4.78, 5) is 21.0. The molecule has 30 heavy (non-hydrogen) atoms. The normalized spacial score (nSPS) is 19.6. The highest BCUT2D eigenvalue weighted by Crippen LogP contribution is 2.37. The van der Waals surface area contributed by atoms with Crippen LogP contribution >= 0.6 is 0 Å². The summed E-state index contributed by atoms with van der Waals surface area (Å²) in [6.07, 6.45) is 14.4. The molecule has 1 aromatic heterocycles. The molecule has 158 valence electrons. The van der Waals surface area contributed by atoms with Crippen molar-refractivity contribution in [3.63, 3.8) is 0 Å². The molecule has 1 saturated carbocycles. The lowest BCUT2D eigenvalue weighted by Crippen LogP contribution is -2.16. The van der Waals surface area contributed by atoms with E-state index in [1.165, 1.54) is 63.9 Å². The molecule has 0 saturated heterocycles. The number of ether oxygens (including phenoxy) is 1. The van der Waals surface area contributed by atoms with Gasteiger partial charge in [-0.05, 0) is 62.1 Å². The zero-order valence-electron chi connectivity index (χ0n) is 18.0. The van der Waals surface area contributed by atoms with Crippen molar-refractivity contribution in [3.05, 3.63) is 42.2 Å². The summed E-state index contributed by atoms with van der Waals surface area (Å²) in [6.45, 7) is 3.78. The van der Waals surface area contributed by atoms with Crippen LogP contribution in [0, 0.1) is 23.2 Å². The van der Waals surface area contributed by atoms with Gasteiger partial charge in [-0.15, -0.1) is 0 Å². The van der Waals surface area contributed by atoms with Crippen molar-refractivity contribution >= 4 is 5.97 Å². The molecule has 0 aliphatic heterocycles. The molecule has 1 fully saturated rings. The maximum Gasteiger partial charge on any atom is 0.328 e. The third-order valence-corrected chi connectivity index (χ3v) is 6.06. The molecule has 5 heteroatoms. The van der Waals surface area contributed by atoms with Crippen LogP contribution in [0.5, 0.6) is 5.75 Å². The average molecular weight is 406 g/mol. The van der Waals surface area contributed by atoms with Gasteiger partial charge in [-0.25, -0.2) is 9.97 Å². The number of esters is 1. The van der Waals surface area contributed by atoms with Crippen molar-refractivity contribution < 1.29 is 9.53 Å². The standard InChI is InChI=1S/C25H31N3O2/c1-3-4-5-7-19-10-12-20(13-11-19)22-16-27-24(28-17-22)21-8-6-9-23(14-21)30-25(29)18(2)15-26/h6,8-9,14,16-20H,3-5,7,10-13H2,1-2H3/t18?,19-,20-. The maximum absolute atomic E-state index is 11.8. The summed E-state index contributed by atoms with van der Waals surface area (Å²) in [5, 5.41) is 8.84. The van der Waals surface area contributed by atoms with E-state index in [4.69, 9.17) is 10.00 Å². The van der Waals surface area contributed by atoms with Gasteiger partial charge in [0.25, 0.3) is 0 Å². The summed E-state index contributed by atoms with van der Waals surface area (Å²) >= 11 is 0. The fourth-order valence-electron chi connectivity index (χ4n) is 4.12. The number of hydrogen-bond donors (Lipinski definition) is 0. The molecule has 1 unspecified atom stereocenters. The van der Waals surface area contributed by atoms with Gasteiger partial charge in [0.2, 0.25) is 0 Å². The van der Waals surface area contributed by atoms with Crippen LogP contribution in [0.15, 0.2) is 36.7 Å². The van der Waals surface area contributed by atoms with Gasteiger partial charge >= 0.3 is 5.97 Å². The Morgan fingerprint density at radius 1 is 1.20 bits per heavy atom. The maximum atomic E-state index is 11.8. The molecule has 1 aliphatic rings. The number of rotatable bonds is 8. The van der Waals surface area contributed by atoms with Crippen molar-refractivity contribution in [1.82, 2.24) is 9.97 Å². The molecule has 0 N–H and O–H groups in total. The number of benzene rings is 1. The fraction of sp³-hybridized carbons (Fsp3) is 0.520. The lowest BCUT2D eigenvalue weighted by Gasteiger charge is -2.28. The van der Waals surface area contributed by atoms with Crippen LogP contribution < -0.4 is 4.74 Å². The molecule has 3 rings (SSSR count). The molecule has 1 heterocycles. The van der Waals surface area contributed by atoms with Crippen molar-refractivity contribution in [3.8, 4) is 23.2 Å². The summed E-state index contributed by atoms with van der Waals surface area (Å²) in [7, 11) is 0. The van der Waals surface area contributed by atoms with Crippen molar-refractivity contribution in [2.24, 2.45) is 11.8 Å². The smallest absolute Gasteiger partial charge is 0.328 e. The first kappa shape index (κ1) is 22.0. The van der Waals surface area contributed by atoms with Crippen molar-refractivity contribution in [2.45, 2.75) is 71.1 Å². The Bertz CT molecular complexity index is 865. The molecule has 5 nitrogen and oxygen atoms in total. The third kappa shape index (κ3) is 5.89. The second kappa shape index (κ2) is 10.9. The van der Waals surface area contributed by atoms with Gasteiger partial charge < -0.3 is 4.74 Å². The van der Waals surface area contributed by atoms with Gasteiger partial charge in [-0.1, -0.05) is 44.7 Å². The van der Waals surface area contributed by atoms with Gasteiger partial charge in [0.15, 0.2) is 5.82 Å². The molecule has 0 radical (unpaired) electrons. The highest BCUT2D eigenvalue weighted by molar-refractivity contribution is 5.77. The first-order valence-corrected chi connectivity index (χ1v) is 11.1. The molecule has 1 aromatic carbocycles. The van der Waals surface area contributed by atoms with E-state index in [1.807, 2.05) is 24.5 Å².